The van der Waals surface area contributed by atoms with Crippen LogP contribution < -0.4 is 5.43 Å². The van der Waals surface area contributed by atoms with Crippen molar-refractivity contribution in [2.45, 2.75) is 101 Å². The van der Waals surface area contributed by atoms with Gasteiger partial charge in [-0.05, 0) is 70.1 Å². The molecule has 0 aromatic rings. The predicted octanol–water partition coefficient (Wildman–Crippen LogP) is 3.11. The first-order valence-corrected chi connectivity index (χ1v) is 13.6. The lowest BCUT2D eigenvalue weighted by Gasteiger charge is -2.54. The summed E-state index contributed by atoms with van der Waals surface area (Å²) < 4.78 is 5.97. The van der Waals surface area contributed by atoms with Gasteiger partial charge in [-0.25, -0.2) is 9.80 Å². The van der Waals surface area contributed by atoms with Gasteiger partial charge in [0.15, 0.2) is 0 Å². The second-order valence-electron chi connectivity index (χ2n) is 11.2. The Kier molecular flexibility index (Phi) is 6.98. The van der Waals surface area contributed by atoms with Crippen LogP contribution in [0, 0.1) is 29.1 Å². The van der Waals surface area contributed by atoms with Gasteiger partial charge < -0.3 is 14.5 Å². The Bertz CT molecular complexity index is 832. The largest absolute Gasteiger partial charge is 0.445 e. The Morgan fingerprint density at radius 2 is 1.82 bits per heavy atom. The van der Waals surface area contributed by atoms with Gasteiger partial charge in [0.05, 0.1) is 23.5 Å². The second kappa shape index (κ2) is 9.83. The predicted molar refractivity (Wildman–Crippen MR) is 128 cm³/mol. The van der Waals surface area contributed by atoms with Crippen LogP contribution in [0.3, 0.4) is 0 Å². The average Bonchev–Trinajstić information content (AvgIpc) is 3.55. The van der Waals surface area contributed by atoms with E-state index in [1.54, 1.807) is 6.92 Å². The Labute approximate surface area is 207 Å². The number of ether oxygens (including phenoxy) is 1. The molecular weight excluding hydrogens is 454 g/mol. The topological polar surface area (TPSA) is 88.9 Å². The first-order valence-electron chi connectivity index (χ1n) is 13.2. The van der Waals surface area contributed by atoms with E-state index in [9.17, 15) is 14.9 Å². The minimum absolute atomic E-state index is 0.0226. The molecule has 0 spiro atoms. The molecule has 34 heavy (non-hydrogen) atoms. The fraction of sp³-hybridized carbons (Fsp3) is 0.880. The van der Waals surface area contributed by atoms with Gasteiger partial charge in [-0.2, -0.15) is 5.26 Å². The molecule has 0 aromatic carbocycles. The molecule has 0 radical (unpaired) electrons. The summed E-state index contributed by atoms with van der Waals surface area (Å²) in [5.74, 6) is 1.14. The lowest BCUT2D eigenvalue weighted by molar-refractivity contribution is -0.142. The van der Waals surface area contributed by atoms with Crippen molar-refractivity contribution in [1.29, 1.82) is 5.26 Å². The van der Waals surface area contributed by atoms with Crippen molar-refractivity contribution < 1.29 is 14.3 Å². The summed E-state index contributed by atoms with van der Waals surface area (Å²) in [6, 6.07) is 2.98. The number of rotatable bonds is 3. The van der Waals surface area contributed by atoms with Gasteiger partial charge in [-0.15, -0.1) is 11.6 Å². The van der Waals surface area contributed by atoms with E-state index >= 15 is 0 Å². The lowest BCUT2D eigenvalue weighted by atomic mass is 9.73. The summed E-state index contributed by atoms with van der Waals surface area (Å²) in [5.41, 5.74) is 3.60. The average molecular weight is 492 g/mol. The number of fused-ring (bicyclic) bond motifs is 1. The maximum Gasteiger partial charge on any atom is 0.410 e. The quantitative estimate of drug-likeness (QED) is 0.610. The molecule has 8 nitrogen and oxygen atoms in total. The molecule has 0 aromatic heterocycles. The van der Waals surface area contributed by atoms with Crippen LogP contribution in [0.15, 0.2) is 0 Å². The smallest absolute Gasteiger partial charge is 0.410 e. The van der Waals surface area contributed by atoms with Crippen LogP contribution in [-0.2, 0) is 9.53 Å². The summed E-state index contributed by atoms with van der Waals surface area (Å²) in [6.45, 7) is 6.25. The van der Waals surface area contributed by atoms with E-state index in [1.807, 2.05) is 16.7 Å². The van der Waals surface area contributed by atoms with Crippen molar-refractivity contribution in [1.82, 2.24) is 20.2 Å². The maximum absolute atomic E-state index is 13.5. The highest BCUT2D eigenvalue weighted by molar-refractivity contribution is 6.21. The summed E-state index contributed by atoms with van der Waals surface area (Å²) in [4.78, 5) is 29.9. The fourth-order valence-electron chi connectivity index (χ4n) is 6.97. The number of halogens is 1. The van der Waals surface area contributed by atoms with Crippen LogP contribution in [-0.4, -0.2) is 82.1 Å². The number of hydrazine groups is 1. The highest BCUT2D eigenvalue weighted by atomic mass is 35.5. The Morgan fingerprint density at radius 1 is 1.03 bits per heavy atom. The Balaban J connectivity index is 1.29. The summed E-state index contributed by atoms with van der Waals surface area (Å²) in [7, 11) is 0. The number of hydrogen-bond acceptors (Lipinski definition) is 6. The summed E-state index contributed by atoms with van der Waals surface area (Å²) in [5, 5.41) is 11.3. The molecule has 2 heterocycles. The van der Waals surface area contributed by atoms with Crippen molar-refractivity contribution in [3.8, 4) is 6.07 Å². The zero-order valence-electron chi connectivity index (χ0n) is 20.4. The Hall–Kier alpha value is -1.56. The van der Waals surface area contributed by atoms with E-state index < -0.39 is 0 Å². The van der Waals surface area contributed by atoms with Crippen molar-refractivity contribution in [2.75, 3.05) is 19.6 Å². The molecular formula is C25H38ClN5O3. The highest BCUT2D eigenvalue weighted by Crippen LogP contribution is 2.41. The van der Waals surface area contributed by atoms with Crippen LogP contribution in [0.2, 0.25) is 0 Å². The molecule has 3 saturated carbocycles. The Morgan fingerprint density at radius 3 is 2.50 bits per heavy atom. The number of nitriles is 1. The number of nitrogens with zero attached hydrogens (tertiary/aromatic N) is 4. The normalized spacial score (nSPS) is 41.0. The third-order valence-electron chi connectivity index (χ3n) is 8.90. The first-order chi connectivity index (χ1) is 16.4. The molecule has 5 aliphatic rings. The van der Waals surface area contributed by atoms with Crippen molar-refractivity contribution in [3.05, 3.63) is 0 Å². The standard InChI is InChI=1S/C25H38ClN5O3/c1-15-13-29(25(33)34-24-8-3-17(11-27)9-21(24)26)23-10-18(4-7-22(23)31(15)16(2)32)19-12-28-30(14-19)20-5-6-20/h15,17-24,28H,3-10,12-14H2,1-2H3/t15-,17?,18?,19?,21?,22?,23?,24?/m0/s1. The first kappa shape index (κ1) is 24.1. The van der Waals surface area contributed by atoms with Gasteiger partial charge in [-0.3, -0.25) is 10.2 Å². The molecule has 7 unspecified atom stereocenters. The monoisotopic (exact) mass is 491 g/mol. The minimum Gasteiger partial charge on any atom is -0.445 e. The SMILES string of the molecule is CC(=O)N1C2CCC(C3CNN(C4CC4)C3)CC2N(C(=O)OC2CCC(C#N)CC2Cl)C[C@@H]1C. The van der Waals surface area contributed by atoms with E-state index in [2.05, 4.69) is 16.5 Å². The van der Waals surface area contributed by atoms with Gasteiger partial charge in [0.1, 0.15) is 6.10 Å². The van der Waals surface area contributed by atoms with E-state index in [-0.39, 0.29) is 47.5 Å². The van der Waals surface area contributed by atoms with Gasteiger partial charge in [0, 0.05) is 44.6 Å². The molecule has 2 saturated heterocycles. The summed E-state index contributed by atoms with van der Waals surface area (Å²) in [6.07, 6.45) is 6.74. The molecule has 2 amide bonds. The molecule has 3 aliphatic carbocycles. The lowest BCUT2D eigenvalue weighted by Crippen LogP contribution is -2.67. The highest BCUT2D eigenvalue weighted by Gasteiger charge is 2.49. The molecule has 9 heteroatoms. The van der Waals surface area contributed by atoms with Crippen molar-refractivity contribution in [2.24, 2.45) is 17.8 Å². The van der Waals surface area contributed by atoms with Gasteiger partial charge in [0.25, 0.3) is 0 Å². The van der Waals surface area contributed by atoms with Crippen LogP contribution in [0.4, 0.5) is 4.79 Å². The van der Waals surface area contributed by atoms with Crippen molar-refractivity contribution >= 4 is 23.6 Å². The number of carbonyl (C=O) groups is 2. The van der Waals surface area contributed by atoms with Crippen LogP contribution in [0.5, 0.6) is 0 Å². The second-order valence-corrected chi connectivity index (χ2v) is 11.8. The molecule has 5 rings (SSSR count). The van der Waals surface area contributed by atoms with Gasteiger partial charge in [-0.1, -0.05) is 0 Å². The van der Waals surface area contributed by atoms with Gasteiger partial charge >= 0.3 is 6.09 Å². The minimum atomic E-state index is -0.358. The van der Waals surface area contributed by atoms with Gasteiger partial charge in [0.2, 0.25) is 5.91 Å². The molecule has 5 fully saturated rings. The number of amides is 2. The fourth-order valence-corrected chi connectivity index (χ4v) is 7.36. The van der Waals surface area contributed by atoms with Crippen LogP contribution >= 0.6 is 11.6 Å². The van der Waals surface area contributed by atoms with E-state index in [4.69, 9.17) is 16.3 Å². The molecule has 2 aliphatic heterocycles. The van der Waals surface area contributed by atoms with Crippen LogP contribution in [0.1, 0.15) is 65.2 Å². The van der Waals surface area contributed by atoms with E-state index in [0.29, 0.717) is 43.7 Å². The van der Waals surface area contributed by atoms with Crippen molar-refractivity contribution in [3.63, 3.8) is 0 Å². The third-order valence-corrected chi connectivity index (χ3v) is 9.36. The van der Waals surface area contributed by atoms with E-state index in [0.717, 1.165) is 32.4 Å². The number of nitrogens with one attached hydrogen (secondary N) is 1. The number of carbonyl (C=O) groups excluding carboxylic acids is 2. The molecule has 1 N–H and O–H groups in total. The van der Waals surface area contributed by atoms with E-state index in [1.165, 1.54) is 12.8 Å². The molecule has 0 bridgehead atoms. The number of hydrogen-bond donors (Lipinski definition) is 1. The number of alkyl halides is 1. The molecule has 8 atom stereocenters. The zero-order valence-corrected chi connectivity index (χ0v) is 21.1. The maximum atomic E-state index is 13.5. The summed E-state index contributed by atoms with van der Waals surface area (Å²) >= 11 is 6.51. The molecule has 188 valence electrons. The zero-order chi connectivity index (χ0) is 24.0. The number of piperazine rings is 1. The third kappa shape index (κ3) is 4.76. The van der Waals surface area contributed by atoms with Crippen LogP contribution in [0.25, 0.3) is 0 Å².